The summed E-state index contributed by atoms with van der Waals surface area (Å²) in [5.41, 5.74) is 0.652. The number of nitrogens with one attached hydrogen (secondary N) is 1. The van der Waals surface area contributed by atoms with Crippen molar-refractivity contribution in [2.24, 2.45) is 0 Å². The molecule has 0 radical (unpaired) electrons. The molecule has 1 aromatic rings. The van der Waals surface area contributed by atoms with Crippen LogP contribution in [0.4, 0.5) is 0 Å². The van der Waals surface area contributed by atoms with Gasteiger partial charge in [0.1, 0.15) is 0 Å². The molecule has 1 rings (SSSR count). The first-order valence-electron chi connectivity index (χ1n) is 5.93. The number of hydrogen-bond donors (Lipinski definition) is 1. The third-order valence-corrected chi connectivity index (χ3v) is 3.02. The molecule has 17 heavy (non-hydrogen) atoms. The monoisotopic (exact) mass is 302 g/mol. The predicted octanol–water partition coefficient (Wildman–Crippen LogP) is 2.98. The number of halogens is 1. The number of alkyl halides is 1. The summed E-state index contributed by atoms with van der Waals surface area (Å²) in [4.78, 5) is 15.8. The molecule has 0 unspecified atom stereocenters. The molecule has 1 heterocycles. The third kappa shape index (κ3) is 4.89. The number of amides is 1. The van der Waals surface area contributed by atoms with Crippen LogP contribution in [-0.2, 0) is 0 Å². The van der Waals surface area contributed by atoms with E-state index in [2.05, 4.69) is 26.2 Å². The van der Waals surface area contributed by atoms with Crippen LogP contribution in [0.3, 0.4) is 0 Å². The lowest BCUT2D eigenvalue weighted by Crippen LogP contribution is -2.24. The van der Waals surface area contributed by atoms with E-state index in [1.807, 2.05) is 0 Å². The molecule has 0 saturated heterocycles. The van der Waals surface area contributed by atoms with Crippen LogP contribution in [0, 0.1) is 13.8 Å². The van der Waals surface area contributed by atoms with E-state index >= 15 is 0 Å². The summed E-state index contributed by atoms with van der Waals surface area (Å²) in [6, 6.07) is 0. The molecular weight excluding hydrogens is 284 g/mol. The molecule has 0 aliphatic carbocycles. The Balaban J connectivity index is 2.23. The highest BCUT2D eigenvalue weighted by Crippen LogP contribution is 2.09. The summed E-state index contributed by atoms with van der Waals surface area (Å²) in [6.45, 7) is 4.21. The maximum absolute atomic E-state index is 11.7. The molecule has 0 aliphatic rings. The van der Waals surface area contributed by atoms with Gasteiger partial charge in [-0.3, -0.25) is 4.79 Å². The first kappa shape index (κ1) is 14.2. The zero-order chi connectivity index (χ0) is 12.7. The van der Waals surface area contributed by atoms with Gasteiger partial charge < -0.3 is 9.73 Å². The highest BCUT2D eigenvalue weighted by molar-refractivity contribution is 9.09. The average molecular weight is 303 g/mol. The van der Waals surface area contributed by atoms with Gasteiger partial charge in [0.05, 0.1) is 5.69 Å². The van der Waals surface area contributed by atoms with Crippen LogP contribution in [-0.4, -0.2) is 22.8 Å². The molecular formula is C12H19BrN2O2. The minimum Gasteiger partial charge on any atom is -0.436 e. The van der Waals surface area contributed by atoms with E-state index in [9.17, 15) is 4.79 Å². The zero-order valence-corrected chi connectivity index (χ0v) is 12.0. The van der Waals surface area contributed by atoms with Crippen molar-refractivity contribution in [2.45, 2.75) is 39.5 Å². The molecule has 0 aliphatic heterocycles. The second-order valence-electron chi connectivity index (χ2n) is 4.01. The number of oxazole rings is 1. The smallest absolute Gasteiger partial charge is 0.289 e. The van der Waals surface area contributed by atoms with Crippen molar-refractivity contribution < 1.29 is 9.21 Å². The lowest BCUT2D eigenvalue weighted by Gasteiger charge is -2.03. The Morgan fingerprint density at radius 3 is 2.59 bits per heavy atom. The van der Waals surface area contributed by atoms with Gasteiger partial charge in [-0.15, -0.1) is 0 Å². The van der Waals surface area contributed by atoms with Crippen LogP contribution in [0.5, 0.6) is 0 Å². The topological polar surface area (TPSA) is 55.1 Å². The summed E-state index contributed by atoms with van der Waals surface area (Å²) < 4.78 is 5.24. The molecule has 5 heteroatoms. The van der Waals surface area contributed by atoms with E-state index < -0.39 is 0 Å². The summed E-state index contributed by atoms with van der Waals surface area (Å²) >= 11 is 3.39. The first-order valence-corrected chi connectivity index (χ1v) is 7.05. The fourth-order valence-electron chi connectivity index (χ4n) is 1.60. The summed E-state index contributed by atoms with van der Waals surface area (Å²) in [7, 11) is 0. The number of aryl methyl sites for hydroxylation is 2. The second-order valence-corrected chi connectivity index (χ2v) is 4.80. The van der Waals surface area contributed by atoms with Crippen LogP contribution in [0.25, 0.3) is 0 Å². The minimum absolute atomic E-state index is 0.163. The molecule has 96 valence electrons. The number of carbonyl (C=O) groups is 1. The number of carbonyl (C=O) groups excluding carboxylic acids is 1. The van der Waals surface area contributed by atoms with Gasteiger partial charge in [0.2, 0.25) is 5.76 Å². The Hall–Kier alpha value is -0.840. The minimum atomic E-state index is -0.163. The van der Waals surface area contributed by atoms with Crippen molar-refractivity contribution >= 4 is 21.8 Å². The maximum Gasteiger partial charge on any atom is 0.289 e. The molecule has 0 spiro atoms. The predicted molar refractivity (Wildman–Crippen MR) is 70.6 cm³/mol. The van der Waals surface area contributed by atoms with Gasteiger partial charge in [0, 0.05) is 18.8 Å². The van der Waals surface area contributed by atoms with Crippen LogP contribution >= 0.6 is 15.9 Å². The lowest BCUT2D eigenvalue weighted by molar-refractivity contribution is 0.0923. The van der Waals surface area contributed by atoms with E-state index in [0.29, 0.717) is 23.9 Å². The Morgan fingerprint density at radius 2 is 2.00 bits per heavy atom. The molecule has 0 fully saturated rings. The molecule has 1 aromatic heterocycles. The molecule has 1 amide bonds. The standard InChI is InChI=1S/C12H19BrN2O2/c1-9-11(17-10(2)15-9)12(16)14-8-6-4-3-5-7-13/h3-8H2,1-2H3,(H,14,16). The molecule has 0 aromatic carbocycles. The number of hydrogen-bond acceptors (Lipinski definition) is 3. The van der Waals surface area contributed by atoms with Gasteiger partial charge in [-0.1, -0.05) is 28.8 Å². The summed E-state index contributed by atoms with van der Waals surface area (Å²) in [5, 5.41) is 3.90. The van der Waals surface area contributed by atoms with Gasteiger partial charge in [-0.2, -0.15) is 0 Å². The number of aromatic nitrogens is 1. The van der Waals surface area contributed by atoms with E-state index in [1.165, 1.54) is 12.8 Å². The highest BCUT2D eigenvalue weighted by Gasteiger charge is 2.14. The maximum atomic E-state index is 11.7. The van der Waals surface area contributed by atoms with Crippen molar-refractivity contribution in [3.8, 4) is 0 Å². The Bertz CT molecular complexity index is 363. The van der Waals surface area contributed by atoms with Gasteiger partial charge in [-0.25, -0.2) is 4.98 Å². The normalized spacial score (nSPS) is 10.5. The SMILES string of the molecule is Cc1nc(C)c(C(=O)NCCCCCCBr)o1. The summed E-state index contributed by atoms with van der Waals surface area (Å²) in [5.74, 6) is 0.705. The van der Waals surface area contributed by atoms with E-state index in [0.717, 1.165) is 18.2 Å². The van der Waals surface area contributed by atoms with Crippen LogP contribution < -0.4 is 5.32 Å². The van der Waals surface area contributed by atoms with Crippen molar-refractivity contribution in [1.82, 2.24) is 10.3 Å². The van der Waals surface area contributed by atoms with E-state index in [-0.39, 0.29) is 5.91 Å². The fraction of sp³-hybridized carbons (Fsp3) is 0.667. The Kier molecular flexibility index (Phi) is 6.26. The fourth-order valence-corrected chi connectivity index (χ4v) is 1.99. The van der Waals surface area contributed by atoms with Crippen molar-refractivity contribution in [2.75, 3.05) is 11.9 Å². The van der Waals surface area contributed by atoms with E-state index in [4.69, 9.17) is 4.42 Å². The van der Waals surface area contributed by atoms with Crippen LogP contribution in [0.15, 0.2) is 4.42 Å². The quantitative estimate of drug-likeness (QED) is 0.622. The molecule has 0 atom stereocenters. The van der Waals surface area contributed by atoms with Gasteiger partial charge in [-0.05, 0) is 19.8 Å². The van der Waals surface area contributed by atoms with Crippen LogP contribution in [0.1, 0.15) is 47.8 Å². The van der Waals surface area contributed by atoms with Crippen molar-refractivity contribution in [1.29, 1.82) is 0 Å². The van der Waals surface area contributed by atoms with Crippen molar-refractivity contribution in [3.05, 3.63) is 17.3 Å². The first-order chi connectivity index (χ1) is 8.15. The van der Waals surface area contributed by atoms with Crippen molar-refractivity contribution in [3.63, 3.8) is 0 Å². The number of rotatable bonds is 7. The third-order valence-electron chi connectivity index (χ3n) is 2.46. The lowest BCUT2D eigenvalue weighted by atomic mass is 10.2. The Morgan fingerprint density at radius 1 is 1.29 bits per heavy atom. The zero-order valence-electron chi connectivity index (χ0n) is 10.4. The highest BCUT2D eigenvalue weighted by atomic mass is 79.9. The van der Waals surface area contributed by atoms with E-state index in [1.54, 1.807) is 13.8 Å². The molecule has 1 N–H and O–H groups in total. The van der Waals surface area contributed by atoms with Gasteiger partial charge in [0.15, 0.2) is 5.89 Å². The molecule has 0 bridgehead atoms. The molecule has 0 saturated carbocycles. The Labute approximate surface area is 110 Å². The van der Waals surface area contributed by atoms with Gasteiger partial charge in [0.25, 0.3) is 5.91 Å². The number of nitrogens with zero attached hydrogens (tertiary/aromatic N) is 1. The molecule has 4 nitrogen and oxygen atoms in total. The number of unbranched alkanes of at least 4 members (excludes halogenated alkanes) is 3. The largest absolute Gasteiger partial charge is 0.436 e. The average Bonchev–Trinajstić information content (AvgIpc) is 2.62. The van der Waals surface area contributed by atoms with Crippen LogP contribution in [0.2, 0.25) is 0 Å². The van der Waals surface area contributed by atoms with Gasteiger partial charge >= 0.3 is 0 Å². The second kappa shape index (κ2) is 7.48. The summed E-state index contributed by atoms with van der Waals surface area (Å²) in [6.07, 6.45) is 4.53.